The summed E-state index contributed by atoms with van der Waals surface area (Å²) in [6.07, 6.45) is 3.68. The van der Waals surface area contributed by atoms with E-state index in [1.807, 2.05) is 13.8 Å². The summed E-state index contributed by atoms with van der Waals surface area (Å²) < 4.78 is 0. The number of hydrogen-bond donors (Lipinski definition) is 0. The second-order valence-electron chi connectivity index (χ2n) is 3.68. The van der Waals surface area contributed by atoms with Crippen molar-refractivity contribution in [2.75, 3.05) is 26.7 Å². The van der Waals surface area contributed by atoms with Gasteiger partial charge in [0.1, 0.15) is 0 Å². The van der Waals surface area contributed by atoms with Gasteiger partial charge in [-0.3, -0.25) is 9.59 Å². The highest BCUT2D eigenvalue weighted by Gasteiger charge is 2.03. The second kappa shape index (κ2) is 11.9. The molecule has 0 bridgehead atoms. The topological polar surface area (TPSA) is 40.6 Å². The molecule has 0 spiro atoms. The van der Waals surface area contributed by atoms with Crippen LogP contribution in [0.2, 0.25) is 0 Å². The van der Waals surface area contributed by atoms with Crippen LogP contribution in [-0.4, -0.2) is 48.3 Å². The van der Waals surface area contributed by atoms with Crippen LogP contribution in [0, 0.1) is 0 Å². The monoisotopic (exact) mass is 254 g/mol. The van der Waals surface area contributed by atoms with E-state index in [1.54, 1.807) is 16.8 Å². The van der Waals surface area contributed by atoms with Crippen molar-refractivity contribution in [3.05, 3.63) is 25.3 Å². The van der Waals surface area contributed by atoms with Crippen molar-refractivity contribution in [1.82, 2.24) is 9.80 Å². The lowest BCUT2D eigenvalue weighted by Gasteiger charge is -2.17. The van der Waals surface area contributed by atoms with Crippen LogP contribution in [0.5, 0.6) is 0 Å². The predicted octanol–water partition coefficient (Wildman–Crippen LogP) is 2.08. The molecular weight excluding hydrogens is 228 g/mol. The number of likely N-dealkylation sites (N-methyl/N-ethyl adjacent to an activating group) is 2. The number of carbonyl (C=O) groups is 2. The molecule has 0 heterocycles. The first-order chi connectivity index (χ1) is 8.48. The van der Waals surface area contributed by atoms with Gasteiger partial charge < -0.3 is 9.80 Å². The Kier molecular flexibility index (Phi) is 12.4. The first-order valence-corrected chi connectivity index (χ1v) is 6.27. The molecule has 0 aromatic carbocycles. The maximum absolute atomic E-state index is 10.9. The molecule has 18 heavy (non-hydrogen) atoms. The van der Waals surface area contributed by atoms with Crippen LogP contribution in [0.1, 0.15) is 27.2 Å². The van der Waals surface area contributed by atoms with E-state index in [-0.39, 0.29) is 11.8 Å². The summed E-state index contributed by atoms with van der Waals surface area (Å²) in [4.78, 5) is 24.9. The molecule has 0 rings (SSSR count). The Balaban J connectivity index is 0. The molecule has 0 aromatic rings. The van der Waals surface area contributed by atoms with E-state index >= 15 is 0 Å². The highest BCUT2D eigenvalue weighted by molar-refractivity contribution is 5.87. The Morgan fingerprint density at radius 3 is 1.72 bits per heavy atom. The van der Waals surface area contributed by atoms with Crippen molar-refractivity contribution >= 4 is 11.8 Å². The largest absolute Gasteiger partial charge is 0.343 e. The second-order valence-corrected chi connectivity index (χ2v) is 3.68. The van der Waals surface area contributed by atoms with Crippen molar-refractivity contribution in [1.29, 1.82) is 0 Å². The first kappa shape index (κ1) is 18.8. The lowest BCUT2D eigenvalue weighted by molar-refractivity contribution is -0.126. The van der Waals surface area contributed by atoms with Crippen LogP contribution in [0.15, 0.2) is 25.3 Å². The van der Waals surface area contributed by atoms with Crippen molar-refractivity contribution < 1.29 is 9.59 Å². The molecule has 0 aliphatic heterocycles. The third kappa shape index (κ3) is 8.56. The summed E-state index contributed by atoms with van der Waals surface area (Å²) in [5.74, 6) is 0.0110. The zero-order chi connectivity index (χ0) is 14.6. The molecule has 4 nitrogen and oxygen atoms in total. The van der Waals surface area contributed by atoms with Crippen LogP contribution in [0.4, 0.5) is 0 Å². The summed E-state index contributed by atoms with van der Waals surface area (Å²) >= 11 is 0. The van der Waals surface area contributed by atoms with E-state index < -0.39 is 0 Å². The highest BCUT2D eigenvalue weighted by atomic mass is 16.2. The van der Waals surface area contributed by atoms with Gasteiger partial charge in [0.15, 0.2) is 0 Å². The van der Waals surface area contributed by atoms with Crippen LogP contribution >= 0.6 is 0 Å². The van der Waals surface area contributed by atoms with Gasteiger partial charge in [-0.2, -0.15) is 0 Å². The zero-order valence-electron chi connectivity index (χ0n) is 12.1. The average Bonchev–Trinajstić information content (AvgIpc) is 2.42. The molecule has 0 radical (unpaired) electrons. The third-order valence-corrected chi connectivity index (χ3v) is 2.39. The maximum Gasteiger partial charge on any atom is 0.245 e. The van der Waals surface area contributed by atoms with Crippen molar-refractivity contribution in [2.45, 2.75) is 27.2 Å². The number of nitrogens with zero attached hydrogens (tertiary/aromatic N) is 2. The van der Waals surface area contributed by atoms with Gasteiger partial charge in [0, 0.05) is 26.7 Å². The van der Waals surface area contributed by atoms with E-state index in [0.717, 1.165) is 26.1 Å². The SMILES string of the molecule is C=CC(=O)N(C)CC.C=CC(=O)N(CC)CCC. The van der Waals surface area contributed by atoms with E-state index in [9.17, 15) is 9.59 Å². The van der Waals surface area contributed by atoms with Gasteiger partial charge in [-0.25, -0.2) is 0 Å². The van der Waals surface area contributed by atoms with Crippen molar-refractivity contribution in [2.24, 2.45) is 0 Å². The molecule has 104 valence electrons. The molecule has 0 saturated heterocycles. The molecule has 0 saturated carbocycles. The predicted molar refractivity (Wildman–Crippen MR) is 76.3 cm³/mol. The molecule has 0 aliphatic rings. The Bertz CT molecular complexity index is 275. The van der Waals surface area contributed by atoms with E-state index in [2.05, 4.69) is 20.1 Å². The fourth-order valence-corrected chi connectivity index (χ4v) is 1.13. The number of rotatable bonds is 6. The molecule has 0 fully saturated rings. The van der Waals surface area contributed by atoms with Gasteiger partial charge in [0.2, 0.25) is 11.8 Å². The van der Waals surface area contributed by atoms with Gasteiger partial charge in [0.05, 0.1) is 0 Å². The van der Waals surface area contributed by atoms with Gasteiger partial charge in [-0.15, -0.1) is 0 Å². The fraction of sp³-hybridized carbons (Fsp3) is 0.571. The highest BCUT2D eigenvalue weighted by Crippen LogP contribution is 1.91. The molecule has 0 unspecified atom stereocenters. The fourth-order valence-electron chi connectivity index (χ4n) is 1.13. The first-order valence-electron chi connectivity index (χ1n) is 6.27. The maximum atomic E-state index is 10.9. The third-order valence-electron chi connectivity index (χ3n) is 2.39. The number of carbonyl (C=O) groups excluding carboxylic acids is 2. The minimum Gasteiger partial charge on any atom is -0.343 e. The number of hydrogen-bond acceptors (Lipinski definition) is 2. The zero-order valence-corrected chi connectivity index (χ0v) is 12.1. The van der Waals surface area contributed by atoms with E-state index in [0.29, 0.717) is 0 Å². The van der Waals surface area contributed by atoms with Gasteiger partial charge in [-0.1, -0.05) is 20.1 Å². The Hall–Kier alpha value is -1.58. The molecule has 0 atom stereocenters. The van der Waals surface area contributed by atoms with Crippen LogP contribution < -0.4 is 0 Å². The molecule has 0 aliphatic carbocycles. The average molecular weight is 254 g/mol. The molecular formula is C14H26N2O2. The summed E-state index contributed by atoms with van der Waals surface area (Å²) in [6.45, 7) is 15.1. The van der Waals surface area contributed by atoms with E-state index in [1.165, 1.54) is 12.2 Å². The lowest BCUT2D eigenvalue weighted by Crippen LogP contribution is -2.29. The standard InChI is InChI=1S/C8H15NO.C6H11NO/c1-4-7-9(6-3)8(10)5-2;1-4-6(8)7(3)5-2/h5H,2,4,6-7H2,1,3H3;4H,1,5H2,2-3H3. The summed E-state index contributed by atoms with van der Waals surface area (Å²) in [7, 11) is 1.74. The van der Waals surface area contributed by atoms with Crippen LogP contribution in [0.3, 0.4) is 0 Å². The molecule has 0 N–H and O–H groups in total. The van der Waals surface area contributed by atoms with Gasteiger partial charge in [-0.05, 0) is 32.4 Å². The minimum absolute atomic E-state index is 0.0208. The van der Waals surface area contributed by atoms with Gasteiger partial charge >= 0.3 is 0 Å². The molecule has 4 heteroatoms. The van der Waals surface area contributed by atoms with Crippen molar-refractivity contribution in [3.8, 4) is 0 Å². The minimum atomic E-state index is -0.0208. The summed E-state index contributed by atoms with van der Waals surface area (Å²) in [5.41, 5.74) is 0. The normalized spacial score (nSPS) is 8.67. The lowest BCUT2D eigenvalue weighted by atomic mass is 10.4. The number of amides is 2. The van der Waals surface area contributed by atoms with E-state index in [4.69, 9.17) is 0 Å². The van der Waals surface area contributed by atoms with Crippen molar-refractivity contribution in [3.63, 3.8) is 0 Å². The van der Waals surface area contributed by atoms with Crippen LogP contribution in [0.25, 0.3) is 0 Å². The summed E-state index contributed by atoms with van der Waals surface area (Å²) in [5, 5.41) is 0. The van der Waals surface area contributed by atoms with Crippen LogP contribution in [-0.2, 0) is 9.59 Å². The Morgan fingerprint density at radius 2 is 1.50 bits per heavy atom. The smallest absolute Gasteiger partial charge is 0.245 e. The summed E-state index contributed by atoms with van der Waals surface area (Å²) in [6, 6.07) is 0. The Morgan fingerprint density at radius 1 is 1.00 bits per heavy atom. The Labute approximate surface area is 111 Å². The molecule has 0 aromatic heterocycles. The van der Waals surface area contributed by atoms with Gasteiger partial charge in [0.25, 0.3) is 0 Å². The molecule has 2 amide bonds. The quantitative estimate of drug-likeness (QED) is 0.681.